The first-order valence-electron chi connectivity index (χ1n) is 8.67. The van der Waals surface area contributed by atoms with Gasteiger partial charge in [0.2, 0.25) is 11.8 Å². The SMILES string of the molecule is CCCOc1ccc(C=CC(=O)N2CCNC(=O)C2CC)cc1OC. The van der Waals surface area contributed by atoms with Gasteiger partial charge >= 0.3 is 0 Å². The van der Waals surface area contributed by atoms with Crippen LogP contribution in [0.5, 0.6) is 11.5 Å². The van der Waals surface area contributed by atoms with Crippen molar-refractivity contribution in [1.29, 1.82) is 0 Å². The van der Waals surface area contributed by atoms with E-state index in [1.807, 2.05) is 32.0 Å². The molecule has 2 rings (SSSR count). The quantitative estimate of drug-likeness (QED) is 0.769. The maximum atomic E-state index is 12.5. The number of piperazine rings is 1. The highest BCUT2D eigenvalue weighted by Gasteiger charge is 2.30. The van der Waals surface area contributed by atoms with Crippen LogP contribution in [0.2, 0.25) is 0 Å². The highest BCUT2D eigenvalue weighted by Crippen LogP contribution is 2.28. The lowest BCUT2D eigenvalue weighted by atomic mass is 10.1. The molecule has 6 nitrogen and oxygen atoms in total. The third-order valence-corrected chi connectivity index (χ3v) is 4.07. The van der Waals surface area contributed by atoms with Crippen LogP contribution >= 0.6 is 0 Å². The predicted molar refractivity (Wildman–Crippen MR) is 96.6 cm³/mol. The lowest BCUT2D eigenvalue weighted by Crippen LogP contribution is -2.56. The topological polar surface area (TPSA) is 67.9 Å². The molecule has 1 aromatic carbocycles. The van der Waals surface area contributed by atoms with Gasteiger partial charge in [-0.3, -0.25) is 9.59 Å². The van der Waals surface area contributed by atoms with Gasteiger partial charge in [-0.05, 0) is 36.6 Å². The minimum atomic E-state index is -0.398. The summed E-state index contributed by atoms with van der Waals surface area (Å²) in [6, 6.07) is 5.14. The molecule has 0 radical (unpaired) electrons. The Morgan fingerprint density at radius 2 is 2.16 bits per heavy atom. The lowest BCUT2D eigenvalue weighted by Gasteiger charge is -2.33. The summed E-state index contributed by atoms with van der Waals surface area (Å²) < 4.78 is 11.0. The zero-order chi connectivity index (χ0) is 18.2. The number of nitrogens with zero attached hydrogens (tertiary/aromatic N) is 1. The van der Waals surface area contributed by atoms with Crippen LogP contribution in [0.4, 0.5) is 0 Å². The summed E-state index contributed by atoms with van der Waals surface area (Å²) in [7, 11) is 1.59. The number of carbonyl (C=O) groups excluding carboxylic acids is 2. The van der Waals surface area contributed by atoms with Crippen LogP contribution < -0.4 is 14.8 Å². The standard InChI is InChI=1S/C19H26N2O4/c1-4-12-25-16-8-6-14(13-17(16)24-3)7-9-18(22)21-11-10-20-19(23)15(21)5-2/h6-9,13,15H,4-5,10-12H2,1-3H3,(H,20,23). The monoisotopic (exact) mass is 346 g/mol. The molecule has 1 aromatic rings. The Labute approximate surface area is 148 Å². The fourth-order valence-corrected chi connectivity index (χ4v) is 2.77. The number of ether oxygens (including phenoxy) is 2. The Kier molecular flexibility index (Phi) is 6.86. The maximum absolute atomic E-state index is 12.5. The number of hydrogen-bond donors (Lipinski definition) is 1. The van der Waals surface area contributed by atoms with Gasteiger partial charge in [0.25, 0.3) is 0 Å². The van der Waals surface area contributed by atoms with Crippen molar-refractivity contribution >= 4 is 17.9 Å². The summed E-state index contributed by atoms with van der Waals surface area (Å²) in [5, 5.41) is 2.79. The van der Waals surface area contributed by atoms with E-state index in [1.165, 1.54) is 6.08 Å². The van der Waals surface area contributed by atoms with Gasteiger partial charge < -0.3 is 19.7 Å². The highest BCUT2D eigenvalue weighted by molar-refractivity contribution is 5.96. The van der Waals surface area contributed by atoms with Gasteiger partial charge in [-0.2, -0.15) is 0 Å². The third kappa shape index (κ3) is 4.75. The number of carbonyl (C=O) groups is 2. The van der Waals surface area contributed by atoms with Crippen molar-refractivity contribution in [3.05, 3.63) is 29.8 Å². The normalized spacial score (nSPS) is 17.5. The van der Waals surface area contributed by atoms with Gasteiger partial charge in [-0.15, -0.1) is 0 Å². The van der Waals surface area contributed by atoms with Gasteiger partial charge in [0.1, 0.15) is 6.04 Å². The molecule has 0 aromatic heterocycles. The number of methoxy groups -OCH3 is 1. The summed E-state index contributed by atoms with van der Waals surface area (Å²) in [4.78, 5) is 25.9. The zero-order valence-electron chi connectivity index (χ0n) is 15.1. The van der Waals surface area contributed by atoms with Crippen molar-refractivity contribution in [3.8, 4) is 11.5 Å². The summed E-state index contributed by atoms with van der Waals surface area (Å²) in [6.07, 6.45) is 4.75. The first-order chi connectivity index (χ1) is 12.1. The molecule has 6 heteroatoms. The molecule has 25 heavy (non-hydrogen) atoms. The van der Waals surface area contributed by atoms with Gasteiger partial charge in [0, 0.05) is 19.2 Å². The highest BCUT2D eigenvalue weighted by atomic mass is 16.5. The van der Waals surface area contributed by atoms with E-state index in [1.54, 1.807) is 18.1 Å². The van der Waals surface area contributed by atoms with Crippen molar-refractivity contribution in [2.45, 2.75) is 32.7 Å². The Hall–Kier alpha value is -2.50. The minimum Gasteiger partial charge on any atom is -0.493 e. The molecule has 1 aliphatic rings. The second kappa shape index (κ2) is 9.11. The van der Waals surface area contributed by atoms with Crippen molar-refractivity contribution in [1.82, 2.24) is 10.2 Å². The summed E-state index contributed by atoms with van der Waals surface area (Å²) in [6.45, 7) is 5.59. The Balaban J connectivity index is 2.09. The van der Waals surface area contributed by atoms with Crippen LogP contribution in [0.15, 0.2) is 24.3 Å². The summed E-state index contributed by atoms with van der Waals surface area (Å²) in [5.41, 5.74) is 0.837. The molecule has 1 atom stereocenters. The van der Waals surface area contributed by atoms with Gasteiger partial charge in [-0.25, -0.2) is 0 Å². The molecule has 1 fully saturated rings. The van der Waals surface area contributed by atoms with Crippen molar-refractivity contribution in [2.24, 2.45) is 0 Å². The molecule has 136 valence electrons. The molecule has 2 amide bonds. The van der Waals surface area contributed by atoms with E-state index in [0.717, 1.165) is 12.0 Å². The Morgan fingerprint density at radius 1 is 1.36 bits per heavy atom. The molecular formula is C19H26N2O4. The van der Waals surface area contributed by atoms with E-state index >= 15 is 0 Å². The zero-order valence-corrected chi connectivity index (χ0v) is 15.1. The van der Waals surface area contributed by atoms with E-state index in [4.69, 9.17) is 9.47 Å². The average Bonchev–Trinajstić information content (AvgIpc) is 2.64. The van der Waals surface area contributed by atoms with Crippen LogP contribution in [0.1, 0.15) is 32.3 Å². The molecule has 1 heterocycles. The molecular weight excluding hydrogens is 320 g/mol. The second-order valence-electron chi connectivity index (χ2n) is 5.84. The van der Waals surface area contributed by atoms with Crippen LogP contribution in [0, 0.1) is 0 Å². The Bertz CT molecular complexity index is 642. The number of nitrogens with one attached hydrogen (secondary N) is 1. The smallest absolute Gasteiger partial charge is 0.247 e. The predicted octanol–water partition coefficient (Wildman–Crippen LogP) is 2.23. The van der Waals surface area contributed by atoms with Crippen molar-refractivity contribution in [3.63, 3.8) is 0 Å². The Morgan fingerprint density at radius 3 is 2.84 bits per heavy atom. The number of benzene rings is 1. The van der Waals surface area contributed by atoms with E-state index in [0.29, 0.717) is 37.6 Å². The van der Waals surface area contributed by atoms with Gasteiger partial charge in [-0.1, -0.05) is 19.9 Å². The number of rotatable bonds is 7. The van der Waals surface area contributed by atoms with Gasteiger partial charge in [0.15, 0.2) is 11.5 Å². The van der Waals surface area contributed by atoms with Crippen LogP contribution in [-0.4, -0.2) is 49.6 Å². The van der Waals surface area contributed by atoms with Crippen LogP contribution in [0.3, 0.4) is 0 Å². The largest absolute Gasteiger partial charge is 0.493 e. The van der Waals surface area contributed by atoms with E-state index in [-0.39, 0.29) is 11.8 Å². The van der Waals surface area contributed by atoms with Gasteiger partial charge in [0.05, 0.1) is 13.7 Å². The third-order valence-electron chi connectivity index (χ3n) is 4.07. The van der Waals surface area contributed by atoms with Crippen LogP contribution in [0.25, 0.3) is 6.08 Å². The fourth-order valence-electron chi connectivity index (χ4n) is 2.77. The van der Waals surface area contributed by atoms with E-state index in [2.05, 4.69) is 5.32 Å². The van der Waals surface area contributed by atoms with E-state index in [9.17, 15) is 9.59 Å². The number of hydrogen-bond acceptors (Lipinski definition) is 4. The van der Waals surface area contributed by atoms with Crippen LogP contribution in [-0.2, 0) is 9.59 Å². The molecule has 1 unspecified atom stereocenters. The molecule has 1 aliphatic heterocycles. The maximum Gasteiger partial charge on any atom is 0.247 e. The molecule has 1 N–H and O–H groups in total. The van der Waals surface area contributed by atoms with E-state index < -0.39 is 6.04 Å². The lowest BCUT2D eigenvalue weighted by molar-refractivity contribution is -0.140. The van der Waals surface area contributed by atoms with Crippen molar-refractivity contribution < 1.29 is 19.1 Å². The summed E-state index contributed by atoms with van der Waals surface area (Å²) in [5.74, 6) is 1.07. The average molecular weight is 346 g/mol. The molecule has 0 saturated carbocycles. The molecule has 0 bridgehead atoms. The molecule has 0 spiro atoms. The first-order valence-corrected chi connectivity index (χ1v) is 8.67. The number of amides is 2. The second-order valence-corrected chi connectivity index (χ2v) is 5.84. The molecule has 0 aliphatic carbocycles. The minimum absolute atomic E-state index is 0.0883. The first kappa shape index (κ1) is 18.8. The van der Waals surface area contributed by atoms with Crippen molar-refractivity contribution in [2.75, 3.05) is 26.8 Å². The molecule has 1 saturated heterocycles. The summed E-state index contributed by atoms with van der Waals surface area (Å²) >= 11 is 0. The fraction of sp³-hybridized carbons (Fsp3) is 0.474.